The predicted octanol–water partition coefficient (Wildman–Crippen LogP) is 2.97. The lowest BCUT2D eigenvalue weighted by Crippen LogP contribution is -2.51. The molecule has 1 atom stereocenters. The van der Waals surface area contributed by atoms with E-state index in [2.05, 4.69) is 12.1 Å². The Morgan fingerprint density at radius 3 is 2.48 bits per heavy atom. The molecule has 0 aromatic carbocycles. The lowest BCUT2D eigenvalue weighted by Gasteiger charge is -2.34. The first-order chi connectivity index (χ1) is 10.1. The van der Waals surface area contributed by atoms with Crippen molar-refractivity contribution < 1.29 is 10.0 Å². The fraction of sp³-hybridized carbons (Fsp3) is 0.875. The zero-order valence-corrected chi connectivity index (χ0v) is 13.8. The highest BCUT2D eigenvalue weighted by molar-refractivity contribution is 6.06. The van der Waals surface area contributed by atoms with Crippen LogP contribution in [0.1, 0.15) is 65.7 Å². The summed E-state index contributed by atoms with van der Waals surface area (Å²) in [6.07, 6.45) is 6.90. The maximum atomic E-state index is 13.0. The third kappa shape index (κ3) is 3.89. The van der Waals surface area contributed by atoms with Crippen molar-refractivity contribution in [2.75, 3.05) is 13.1 Å². The summed E-state index contributed by atoms with van der Waals surface area (Å²) < 4.78 is 0. The zero-order valence-electron chi connectivity index (χ0n) is 13.8. The molecular formula is C16H31N3O2. The topological polar surface area (TPSA) is 78.9 Å². The van der Waals surface area contributed by atoms with Crippen LogP contribution in [-0.4, -0.2) is 34.9 Å². The minimum atomic E-state index is -0.848. The van der Waals surface area contributed by atoms with Crippen molar-refractivity contribution in [2.24, 2.45) is 22.2 Å². The van der Waals surface area contributed by atoms with Crippen molar-refractivity contribution in [3.63, 3.8) is 0 Å². The number of amides is 1. The normalized spacial score (nSPS) is 21.2. The molecule has 1 heterocycles. The minimum absolute atomic E-state index is 0.0277. The van der Waals surface area contributed by atoms with Crippen LogP contribution in [-0.2, 0) is 4.79 Å². The van der Waals surface area contributed by atoms with Crippen LogP contribution in [0.25, 0.3) is 0 Å². The van der Waals surface area contributed by atoms with Crippen molar-refractivity contribution in [2.45, 2.75) is 65.7 Å². The number of likely N-dealkylation sites (tertiary alicyclic amines) is 1. The summed E-state index contributed by atoms with van der Waals surface area (Å²) in [7, 11) is 0. The molecule has 0 bridgehead atoms. The van der Waals surface area contributed by atoms with Crippen molar-refractivity contribution in [3.8, 4) is 0 Å². The number of nitrogens with two attached hydrogens (primary N) is 1. The molecule has 5 heteroatoms. The molecule has 1 rings (SSSR count). The molecule has 5 nitrogen and oxygen atoms in total. The molecule has 1 saturated heterocycles. The van der Waals surface area contributed by atoms with E-state index < -0.39 is 5.41 Å². The van der Waals surface area contributed by atoms with Crippen LogP contribution in [0.2, 0.25) is 0 Å². The molecule has 1 fully saturated rings. The standard InChI is InChI=1S/C16H31N3O2/c1-4-8-13-9-7-11-19(12-10-13)15(20)16(5-2,6-3)14(17)18-21/h13,21H,4-12H2,1-3H3,(H2,17,18). The van der Waals surface area contributed by atoms with Gasteiger partial charge in [0.25, 0.3) is 0 Å². The zero-order chi connectivity index (χ0) is 15.9. The van der Waals surface area contributed by atoms with Gasteiger partial charge in [0, 0.05) is 13.1 Å². The summed E-state index contributed by atoms with van der Waals surface area (Å²) in [5.41, 5.74) is 5.00. The molecule has 3 N–H and O–H groups in total. The van der Waals surface area contributed by atoms with Crippen LogP contribution < -0.4 is 5.73 Å². The predicted molar refractivity (Wildman–Crippen MR) is 85.3 cm³/mol. The Morgan fingerprint density at radius 2 is 1.95 bits per heavy atom. The van der Waals surface area contributed by atoms with E-state index in [0.717, 1.165) is 31.8 Å². The highest BCUT2D eigenvalue weighted by atomic mass is 16.4. The Hall–Kier alpha value is -1.26. The highest BCUT2D eigenvalue weighted by Gasteiger charge is 2.42. The molecule has 0 radical (unpaired) electrons. The molecular weight excluding hydrogens is 266 g/mol. The summed E-state index contributed by atoms with van der Waals surface area (Å²) in [6.45, 7) is 7.66. The number of carbonyl (C=O) groups excluding carboxylic acids is 1. The van der Waals surface area contributed by atoms with Gasteiger partial charge in [0.2, 0.25) is 5.91 Å². The molecule has 122 valence electrons. The molecule has 0 spiro atoms. The van der Waals surface area contributed by atoms with Crippen molar-refractivity contribution in [1.29, 1.82) is 0 Å². The fourth-order valence-electron chi connectivity index (χ4n) is 3.49. The van der Waals surface area contributed by atoms with Gasteiger partial charge in [0.15, 0.2) is 5.84 Å². The second-order valence-electron chi connectivity index (χ2n) is 6.15. The molecule has 1 unspecified atom stereocenters. The first-order valence-electron chi connectivity index (χ1n) is 8.33. The molecule has 21 heavy (non-hydrogen) atoms. The highest BCUT2D eigenvalue weighted by Crippen LogP contribution is 2.31. The monoisotopic (exact) mass is 297 g/mol. The van der Waals surface area contributed by atoms with Crippen LogP contribution in [0.3, 0.4) is 0 Å². The van der Waals surface area contributed by atoms with E-state index in [-0.39, 0.29) is 11.7 Å². The van der Waals surface area contributed by atoms with Gasteiger partial charge in [-0.25, -0.2) is 0 Å². The molecule has 1 aliphatic rings. The van der Waals surface area contributed by atoms with Gasteiger partial charge < -0.3 is 15.8 Å². The fourth-order valence-corrected chi connectivity index (χ4v) is 3.49. The maximum Gasteiger partial charge on any atom is 0.236 e. The first-order valence-corrected chi connectivity index (χ1v) is 8.33. The van der Waals surface area contributed by atoms with Gasteiger partial charge in [0.05, 0.1) is 0 Å². The van der Waals surface area contributed by atoms with Crippen LogP contribution in [0.15, 0.2) is 5.16 Å². The van der Waals surface area contributed by atoms with Crippen molar-refractivity contribution in [3.05, 3.63) is 0 Å². The molecule has 1 amide bonds. The van der Waals surface area contributed by atoms with E-state index >= 15 is 0 Å². The largest absolute Gasteiger partial charge is 0.409 e. The second kappa shape index (κ2) is 8.25. The van der Waals surface area contributed by atoms with E-state index in [1.165, 1.54) is 19.3 Å². The Bertz CT molecular complexity index is 365. The molecule has 0 aromatic heterocycles. The van der Waals surface area contributed by atoms with Crippen molar-refractivity contribution >= 4 is 11.7 Å². The van der Waals surface area contributed by atoms with Gasteiger partial charge in [-0.05, 0) is 38.0 Å². The first kappa shape index (κ1) is 17.8. The van der Waals surface area contributed by atoms with E-state index in [4.69, 9.17) is 10.9 Å². The van der Waals surface area contributed by atoms with E-state index in [0.29, 0.717) is 12.8 Å². The van der Waals surface area contributed by atoms with Gasteiger partial charge in [-0.15, -0.1) is 0 Å². The summed E-state index contributed by atoms with van der Waals surface area (Å²) in [6, 6.07) is 0. The summed E-state index contributed by atoms with van der Waals surface area (Å²) in [5, 5.41) is 12.2. The lowest BCUT2D eigenvalue weighted by molar-refractivity contribution is -0.138. The minimum Gasteiger partial charge on any atom is -0.409 e. The Balaban J connectivity index is 2.85. The molecule has 0 aromatic rings. The lowest BCUT2D eigenvalue weighted by atomic mass is 9.79. The quantitative estimate of drug-likeness (QED) is 0.342. The van der Waals surface area contributed by atoms with Gasteiger partial charge in [-0.3, -0.25) is 4.79 Å². The van der Waals surface area contributed by atoms with Crippen LogP contribution in [0, 0.1) is 11.3 Å². The van der Waals surface area contributed by atoms with Gasteiger partial charge >= 0.3 is 0 Å². The molecule has 0 saturated carbocycles. The van der Waals surface area contributed by atoms with E-state index in [9.17, 15) is 4.79 Å². The average molecular weight is 297 g/mol. The summed E-state index contributed by atoms with van der Waals surface area (Å²) in [5.74, 6) is 0.807. The van der Waals surface area contributed by atoms with Gasteiger partial charge in [0.1, 0.15) is 5.41 Å². The third-order valence-corrected chi connectivity index (χ3v) is 5.05. The average Bonchev–Trinajstić information content (AvgIpc) is 2.74. The van der Waals surface area contributed by atoms with Crippen LogP contribution >= 0.6 is 0 Å². The van der Waals surface area contributed by atoms with Crippen LogP contribution in [0.4, 0.5) is 0 Å². The molecule has 0 aliphatic carbocycles. The number of nitrogens with zero attached hydrogens (tertiary/aromatic N) is 2. The van der Waals surface area contributed by atoms with Crippen molar-refractivity contribution in [1.82, 2.24) is 4.90 Å². The number of hydrogen-bond acceptors (Lipinski definition) is 3. The Kier molecular flexibility index (Phi) is 6.99. The Labute approximate surface area is 128 Å². The Morgan fingerprint density at radius 1 is 1.29 bits per heavy atom. The van der Waals surface area contributed by atoms with Gasteiger partial charge in [-0.2, -0.15) is 0 Å². The number of rotatable bonds is 6. The van der Waals surface area contributed by atoms with Gasteiger partial charge in [-0.1, -0.05) is 38.8 Å². The summed E-state index contributed by atoms with van der Waals surface area (Å²) in [4.78, 5) is 14.9. The summed E-state index contributed by atoms with van der Waals surface area (Å²) >= 11 is 0. The number of hydrogen-bond donors (Lipinski definition) is 2. The molecule has 1 aliphatic heterocycles. The number of oxime groups is 1. The smallest absolute Gasteiger partial charge is 0.236 e. The van der Waals surface area contributed by atoms with E-state index in [1.807, 2.05) is 18.7 Å². The number of carbonyl (C=O) groups is 1. The second-order valence-corrected chi connectivity index (χ2v) is 6.15. The third-order valence-electron chi connectivity index (χ3n) is 5.05. The SMILES string of the molecule is CCCC1CCCN(C(=O)C(CC)(CC)C(N)=NO)CC1. The van der Waals surface area contributed by atoms with E-state index in [1.54, 1.807) is 0 Å². The number of amidine groups is 1. The van der Waals surface area contributed by atoms with Crippen LogP contribution in [0.5, 0.6) is 0 Å². The maximum absolute atomic E-state index is 13.0.